The highest BCUT2D eigenvalue weighted by Crippen LogP contribution is 2.22. The Morgan fingerprint density at radius 3 is 2.65 bits per heavy atom. The zero-order chi connectivity index (χ0) is 18.9. The van der Waals surface area contributed by atoms with Gasteiger partial charge in [0.25, 0.3) is 11.6 Å². The number of para-hydroxylation sites is 2. The maximum Gasteiger partial charge on any atom is 0.292 e. The molecule has 7 nitrogen and oxygen atoms in total. The molecule has 26 heavy (non-hydrogen) atoms. The lowest BCUT2D eigenvalue weighted by atomic mass is 10.2. The van der Waals surface area contributed by atoms with Crippen LogP contribution in [0, 0.1) is 16.0 Å². The fourth-order valence-corrected chi connectivity index (χ4v) is 2.25. The third-order valence-electron chi connectivity index (χ3n) is 3.51. The second-order valence-corrected chi connectivity index (χ2v) is 6.19. The minimum absolute atomic E-state index is 0.00817. The summed E-state index contributed by atoms with van der Waals surface area (Å²) in [6.07, 6.45) is 0. The molecule has 0 saturated carbocycles. The van der Waals surface area contributed by atoms with Gasteiger partial charge in [-0.2, -0.15) is 0 Å². The van der Waals surface area contributed by atoms with E-state index >= 15 is 0 Å². The standard InChI is InChI=1S/C19H23N3O4/c1-14(2)13-26-16-7-5-6-15(12-16)19(23)21-11-10-20-17-8-3-4-9-18(17)22(24)25/h3-9,12,14,20H,10-11,13H2,1-2H3,(H,21,23). The van der Waals surface area contributed by atoms with E-state index in [4.69, 9.17) is 4.74 Å². The molecule has 138 valence electrons. The average Bonchev–Trinajstić information content (AvgIpc) is 2.63. The van der Waals surface area contributed by atoms with Crippen molar-refractivity contribution in [2.45, 2.75) is 13.8 Å². The lowest BCUT2D eigenvalue weighted by molar-refractivity contribution is -0.384. The first kappa shape index (κ1) is 19.2. The molecular formula is C19H23N3O4. The number of anilines is 1. The van der Waals surface area contributed by atoms with E-state index in [1.165, 1.54) is 6.07 Å². The Balaban J connectivity index is 1.84. The van der Waals surface area contributed by atoms with Crippen LogP contribution >= 0.6 is 0 Å². The van der Waals surface area contributed by atoms with E-state index in [1.54, 1.807) is 36.4 Å². The van der Waals surface area contributed by atoms with Crippen molar-refractivity contribution >= 4 is 17.3 Å². The number of rotatable bonds is 9. The molecule has 0 bridgehead atoms. The van der Waals surface area contributed by atoms with E-state index < -0.39 is 4.92 Å². The van der Waals surface area contributed by atoms with Crippen molar-refractivity contribution < 1.29 is 14.5 Å². The number of benzene rings is 2. The number of amides is 1. The molecule has 0 heterocycles. The summed E-state index contributed by atoms with van der Waals surface area (Å²) >= 11 is 0. The quantitative estimate of drug-likeness (QED) is 0.407. The van der Waals surface area contributed by atoms with Gasteiger partial charge in [0.2, 0.25) is 0 Å². The number of nitro groups is 1. The van der Waals surface area contributed by atoms with Crippen molar-refractivity contribution in [2.24, 2.45) is 5.92 Å². The van der Waals surface area contributed by atoms with Crippen LogP contribution in [0.4, 0.5) is 11.4 Å². The maximum atomic E-state index is 12.2. The summed E-state index contributed by atoms with van der Waals surface area (Å²) in [5.74, 6) is 0.842. The van der Waals surface area contributed by atoms with Gasteiger partial charge >= 0.3 is 0 Å². The molecule has 0 aliphatic carbocycles. The number of carbonyl (C=O) groups is 1. The molecule has 2 rings (SSSR count). The number of nitrogens with zero attached hydrogens (tertiary/aromatic N) is 1. The summed E-state index contributed by atoms with van der Waals surface area (Å²) in [6, 6.07) is 13.4. The lowest BCUT2D eigenvalue weighted by Crippen LogP contribution is -2.28. The number of nitrogens with one attached hydrogen (secondary N) is 2. The molecule has 0 fully saturated rings. The predicted molar refractivity (Wildman–Crippen MR) is 101 cm³/mol. The van der Waals surface area contributed by atoms with E-state index in [9.17, 15) is 14.9 Å². The van der Waals surface area contributed by atoms with Gasteiger partial charge in [-0.3, -0.25) is 14.9 Å². The molecule has 0 radical (unpaired) electrons. The molecule has 0 unspecified atom stereocenters. The van der Waals surface area contributed by atoms with Crippen LogP contribution in [0.1, 0.15) is 24.2 Å². The zero-order valence-electron chi connectivity index (χ0n) is 14.9. The summed E-state index contributed by atoms with van der Waals surface area (Å²) in [6.45, 7) is 5.41. The molecule has 0 atom stereocenters. The SMILES string of the molecule is CC(C)COc1cccc(C(=O)NCCNc2ccccc2[N+](=O)[O-])c1. The zero-order valence-corrected chi connectivity index (χ0v) is 14.9. The highest BCUT2D eigenvalue weighted by Gasteiger charge is 2.12. The topological polar surface area (TPSA) is 93.5 Å². The van der Waals surface area contributed by atoms with Crippen molar-refractivity contribution in [1.82, 2.24) is 5.32 Å². The summed E-state index contributed by atoms with van der Waals surface area (Å²) in [5.41, 5.74) is 0.946. The van der Waals surface area contributed by atoms with Crippen LogP contribution in [-0.4, -0.2) is 30.5 Å². The van der Waals surface area contributed by atoms with Gasteiger partial charge in [-0.25, -0.2) is 0 Å². The normalized spacial score (nSPS) is 10.4. The molecule has 0 spiro atoms. The summed E-state index contributed by atoms with van der Waals surface area (Å²) < 4.78 is 5.62. The lowest BCUT2D eigenvalue weighted by Gasteiger charge is -2.11. The van der Waals surface area contributed by atoms with E-state index in [2.05, 4.69) is 24.5 Å². The molecule has 0 aliphatic heterocycles. The predicted octanol–water partition coefficient (Wildman–Crippen LogP) is 3.47. The molecule has 2 N–H and O–H groups in total. The summed E-state index contributed by atoms with van der Waals surface area (Å²) in [5, 5.41) is 16.7. The van der Waals surface area contributed by atoms with Crippen molar-refractivity contribution in [2.75, 3.05) is 25.0 Å². The van der Waals surface area contributed by atoms with Gasteiger partial charge in [-0.1, -0.05) is 32.0 Å². The molecule has 0 aromatic heterocycles. The van der Waals surface area contributed by atoms with E-state index in [-0.39, 0.29) is 11.6 Å². The first-order chi connectivity index (χ1) is 12.5. The maximum absolute atomic E-state index is 12.2. The number of nitro benzene ring substituents is 1. The van der Waals surface area contributed by atoms with Gasteiger partial charge in [0.1, 0.15) is 11.4 Å². The highest BCUT2D eigenvalue weighted by atomic mass is 16.6. The van der Waals surface area contributed by atoms with Crippen molar-refractivity contribution in [3.63, 3.8) is 0 Å². The van der Waals surface area contributed by atoms with Crippen molar-refractivity contribution in [3.8, 4) is 5.75 Å². The third kappa shape index (κ3) is 5.77. The Hall–Kier alpha value is -3.09. The van der Waals surface area contributed by atoms with Crippen LogP contribution in [-0.2, 0) is 0 Å². The smallest absolute Gasteiger partial charge is 0.292 e. The summed E-state index contributed by atoms with van der Waals surface area (Å²) in [4.78, 5) is 22.7. The fraction of sp³-hybridized carbons (Fsp3) is 0.316. The molecule has 2 aromatic rings. The first-order valence-corrected chi connectivity index (χ1v) is 8.45. The van der Waals surface area contributed by atoms with Gasteiger partial charge < -0.3 is 15.4 Å². The van der Waals surface area contributed by atoms with Crippen LogP contribution in [0.15, 0.2) is 48.5 Å². The number of hydrogen-bond acceptors (Lipinski definition) is 5. The Bertz CT molecular complexity index is 762. The second-order valence-electron chi connectivity index (χ2n) is 6.19. The Morgan fingerprint density at radius 1 is 1.15 bits per heavy atom. The van der Waals surface area contributed by atoms with Crippen molar-refractivity contribution in [3.05, 3.63) is 64.2 Å². The van der Waals surface area contributed by atoms with Crippen LogP contribution < -0.4 is 15.4 Å². The van der Waals surface area contributed by atoms with Gasteiger partial charge in [0.05, 0.1) is 11.5 Å². The van der Waals surface area contributed by atoms with Crippen LogP contribution in [0.3, 0.4) is 0 Å². The van der Waals surface area contributed by atoms with E-state index in [0.717, 1.165) is 0 Å². The van der Waals surface area contributed by atoms with E-state index in [1.807, 2.05) is 6.07 Å². The second kappa shape index (κ2) is 9.41. The number of ether oxygens (including phenoxy) is 1. The molecule has 1 amide bonds. The Labute approximate surface area is 152 Å². The third-order valence-corrected chi connectivity index (χ3v) is 3.51. The van der Waals surface area contributed by atoms with Crippen LogP contribution in [0.5, 0.6) is 5.75 Å². The van der Waals surface area contributed by atoms with Gasteiger partial charge in [0.15, 0.2) is 0 Å². The van der Waals surface area contributed by atoms with Crippen LogP contribution in [0.2, 0.25) is 0 Å². The number of hydrogen-bond donors (Lipinski definition) is 2. The van der Waals surface area contributed by atoms with Crippen molar-refractivity contribution in [1.29, 1.82) is 0 Å². The van der Waals surface area contributed by atoms with Gasteiger partial charge in [-0.05, 0) is 30.2 Å². The largest absolute Gasteiger partial charge is 0.493 e. The van der Waals surface area contributed by atoms with Crippen LogP contribution in [0.25, 0.3) is 0 Å². The first-order valence-electron chi connectivity index (χ1n) is 8.45. The highest BCUT2D eigenvalue weighted by molar-refractivity contribution is 5.94. The van der Waals surface area contributed by atoms with Gasteiger partial charge in [0, 0.05) is 24.7 Å². The Morgan fingerprint density at radius 2 is 1.92 bits per heavy atom. The monoisotopic (exact) mass is 357 g/mol. The molecule has 0 aliphatic rings. The Kier molecular flexibility index (Phi) is 6.96. The molecule has 7 heteroatoms. The summed E-state index contributed by atoms with van der Waals surface area (Å²) in [7, 11) is 0. The fourth-order valence-electron chi connectivity index (χ4n) is 2.25. The minimum Gasteiger partial charge on any atom is -0.493 e. The molecule has 0 saturated heterocycles. The molecule has 2 aromatic carbocycles. The van der Waals surface area contributed by atoms with Gasteiger partial charge in [-0.15, -0.1) is 0 Å². The minimum atomic E-state index is -0.441. The average molecular weight is 357 g/mol. The number of carbonyl (C=O) groups excluding carboxylic acids is 1. The van der Waals surface area contributed by atoms with E-state index in [0.29, 0.717) is 42.6 Å². The molecular weight excluding hydrogens is 334 g/mol.